The first kappa shape index (κ1) is 26.4. The molecule has 190 valence electrons. The molecule has 7 nitrogen and oxygen atoms in total. The molecule has 0 fully saturated rings. The maximum Gasteiger partial charge on any atom is 0.250 e. The van der Waals surface area contributed by atoms with Crippen LogP contribution in [-0.2, 0) is 10.2 Å². The average molecular weight is 534 g/mol. The molecule has 3 aromatic carbocycles. The maximum atomic E-state index is 12.5. The lowest BCUT2D eigenvalue weighted by Gasteiger charge is -2.19. The summed E-state index contributed by atoms with van der Waals surface area (Å²) in [6.07, 6.45) is 1.57. The molecule has 0 saturated heterocycles. The fourth-order valence-electron chi connectivity index (χ4n) is 3.52. The van der Waals surface area contributed by atoms with Crippen LogP contribution >= 0.6 is 23.4 Å². The van der Waals surface area contributed by atoms with Gasteiger partial charge in [0.25, 0.3) is 5.91 Å². The predicted molar refractivity (Wildman–Crippen MR) is 150 cm³/mol. The Morgan fingerprint density at radius 1 is 1.03 bits per heavy atom. The third-order valence-corrected chi connectivity index (χ3v) is 6.76. The summed E-state index contributed by atoms with van der Waals surface area (Å²) in [5.74, 6) is 1.31. The van der Waals surface area contributed by atoms with Gasteiger partial charge in [-0.15, -0.1) is 10.2 Å². The molecule has 0 radical (unpaired) electrons. The quantitative estimate of drug-likeness (QED) is 0.167. The number of nitrogens with zero attached hydrogens (tertiary/aromatic N) is 4. The van der Waals surface area contributed by atoms with Gasteiger partial charge in [0.2, 0.25) is 0 Å². The van der Waals surface area contributed by atoms with Crippen molar-refractivity contribution in [2.75, 3.05) is 12.9 Å². The monoisotopic (exact) mass is 533 g/mol. The highest BCUT2D eigenvalue weighted by Crippen LogP contribution is 2.30. The number of halogens is 1. The normalized spacial score (nSPS) is 11.6. The SMILES string of the molecule is COc1ccc(-n2c(SCC(=O)N/N=C/c3ccc(Cl)cc3)nnc2-c2ccc(C(C)(C)C)cc2)cc1. The Hall–Kier alpha value is -3.62. The van der Waals surface area contributed by atoms with Crippen molar-refractivity contribution in [2.24, 2.45) is 5.10 Å². The number of aromatic nitrogens is 3. The number of thioether (sulfide) groups is 1. The molecule has 37 heavy (non-hydrogen) atoms. The van der Waals surface area contributed by atoms with E-state index < -0.39 is 0 Å². The highest BCUT2D eigenvalue weighted by molar-refractivity contribution is 7.99. The Kier molecular flexibility index (Phi) is 8.31. The number of hydrazone groups is 1. The number of benzene rings is 3. The topological polar surface area (TPSA) is 81.4 Å². The van der Waals surface area contributed by atoms with Crippen LogP contribution in [0.15, 0.2) is 83.1 Å². The first-order valence-corrected chi connectivity index (χ1v) is 13.0. The number of ether oxygens (including phenoxy) is 1. The van der Waals surface area contributed by atoms with E-state index in [2.05, 4.69) is 65.8 Å². The molecule has 1 heterocycles. The van der Waals surface area contributed by atoms with E-state index in [0.29, 0.717) is 16.0 Å². The van der Waals surface area contributed by atoms with Crippen LogP contribution in [0.5, 0.6) is 5.75 Å². The molecule has 0 bridgehead atoms. The molecule has 1 N–H and O–H groups in total. The molecule has 0 aliphatic heterocycles. The lowest BCUT2D eigenvalue weighted by Crippen LogP contribution is -2.20. The number of carbonyl (C=O) groups excluding carboxylic acids is 1. The van der Waals surface area contributed by atoms with Crippen LogP contribution in [0.3, 0.4) is 0 Å². The van der Waals surface area contributed by atoms with Crippen LogP contribution in [-0.4, -0.2) is 39.7 Å². The van der Waals surface area contributed by atoms with Crippen molar-refractivity contribution in [1.82, 2.24) is 20.2 Å². The molecule has 4 rings (SSSR count). The number of hydrogen-bond donors (Lipinski definition) is 1. The number of carbonyl (C=O) groups is 1. The summed E-state index contributed by atoms with van der Waals surface area (Å²) in [5, 5.41) is 14.1. The van der Waals surface area contributed by atoms with Crippen molar-refractivity contribution in [2.45, 2.75) is 31.3 Å². The highest BCUT2D eigenvalue weighted by Gasteiger charge is 2.19. The zero-order chi connectivity index (χ0) is 26.4. The Morgan fingerprint density at radius 3 is 2.32 bits per heavy atom. The van der Waals surface area contributed by atoms with Crippen LogP contribution in [0.1, 0.15) is 31.9 Å². The molecular formula is C28H28ClN5O2S. The van der Waals surface area contributed by atoms with E-state index >= 15 is 0 Å². The van der Waals surface area contributed by atoms with E-state index in [1.165, 1.54) is 17.3 Å². The predicted octanol–water partition coefficient (Wildman–Crippen LogP) is 6.14. The van der Waals surface area contributed by atoms with Gasteiger partial charge in [0, 0.05) is 16.3 Å². The van der Waals surface area contributed by atoms with E-state index in [1.807, 2.05) is 41.0 Å². The van der Waals surface area contributed by atoms with Crippen molar-refractivity contribution >= 4 is 35.5 Å². The van der Waals surface area contributed by atoms with Crippen LogP contribution in [0, 0.1) is 0 Å². The molecule has 9 heteroatoms. The first-order valence-electron chi connectivity index (χ1n) is 11.7. The van der Waals surface area contributed by atoms with Gasteiger partial charge < -0.3 is 4.74 Å². The fraction of sp³-hybridized carbons (Fsp3) is 0.214. The average Bonchev–Trinajstić information content (AvgIpc) is 3.32. The maximum absolute atomic E-state index is 12.5. The number of methoxy groups -OCH3 is 1. The van der Waals surface area contributed by atoms with E-state index in [9.17, 15) is 4.79 Å². The van der Waals surface area contributed by atoms with Crippen molar-refractivity contribution < 1.29 is 9.53 Å². The van der Waals surface area contributed by atoms with Gasteiger partial charge in [-0.1, -0.05) is 80.5 Å². The second-order valence-corrected chi connectivity index (χ2v) is 10.7. The standard InChI is InChI=1S/C28H28ClN5O2S/c1-28(2,3)21-9-7-20(8-10-21)26-32-33-27(34(26)23-13-15-24(36-4)16-14-23)37-18-25(35)31-30-17-19-5-11-22(29)12-6-19/h5-17H,18H2,1-4H3,(H,31,35)/b30-17+. The van der Waals surface area contributed by atoms with E-state index in [1.54, 1.807) is 25.5 Å². The summed E-state index contributed by atoms with van der Waals surface area (Å²) >= 11 is 7.18. The fourth-order valence-corrected chi connectivity index (χ4v) is 4.39. The number of amides is 1. The van der Waals surface area contributed by atoms with Crippen molar-refractivity contribution in [3.8, 4) is 22.8 Å². The minimum absolute atomic E-state index is 0.0482. The summed E-state index contributed by atoms with van der Waals surface area (Å²) in [5.41, 5.74) is 6.46. The minimum atomic E-state index is -0.254. The van der Waals surface area contributed by atoms with Gasteiger partial charge >= 0.3 is 0 Å². The van der Waals surface area contributed by atoms with E-state index in [-0.39, 0.29) is 17.1 Å². The Bertz CT molecular complexity index is 1380. The molecule has 0 aliphatic rings. The van der Waals surface area contributed by atoms with Crippen molar-refractivity contribution in [1.29, 1.82) is 0 Å². The Balaban J connectivity index is 1.54. The van der Waals surface area contributed by atoms with Crippen molar-refractivity contribution in [3.05, 3.63) is 88.9 Å². The number of nitrogens with one attached hydrogen (secondary N) is 1. The second-order valence-electron chi connectivity index (χ2n) is 9.30. The molecule has 4 aromatic rings. The largest absolute Gasteiger partial charge is 0.497 e. The Labute approximate surface area is 225 Å². The van der Waals surface area contributed by atoms with Gasteiger partial charge in [0.05, 0.1) is 19.1 Å². The van der Waals surface area contributed by atoms with Gasteiger partial charge in [0.1, 0.15) is 5.75 Å². The smallest absolute Gasteiger partial charge is 0.250 e. The summed E-state index contributed by atoms with van der Waals surface area (Å²) in [7, 11) is 1.63. The van der Waals surface area contributed by atoms with Crippen molar-refractivity contribution in [3.63, 3.8) is 0 Å². The lowest BCUT2D eigenvalue weighted by molar-refractivity contribution is -0.118. The van der Waals surface area contributed by atoms with Gasteiger partial charge in [-0.05, 0) is 52.9 Å². The highest BCUT2D eigenvalue weighted by atomic mass is 35.5. The Morgan fingerprint density at radius 2 is 1.70 bits per heavy atom. The van der Waals surface area contributed by atoms with E-state index in [0.717, 1.165) is 22.6 Å². The molecular weight excluding hydrogens is 506 g/mol. The summed E-state index contributed by atoms with van der Waals surface area (Å²) in [4.78, 5) is 12.5. The second kappa shape index (κ2) is 11.6. The van der Waals surface area contributed by atoms with E-state index in [4.69, 9.17) is 16.3 Å². The van der Waals surface area contributed by atoms with Gasteiger partial charge in [-0.25, -0.2) is 5.43 Å². The molecule has 1 aromatic heterocycles. The minimum Gasteiger partial charge on any atom is -0.497 e. The first-order chi connectivity index (χ1) is 17.7. The van der Waals surface area contributed by atoms with Gasteiger partial charge in [-0.2, -0.15) is 5.10 Å². The number of rotatable bonds is 8. The van der Waals surface area contributed by atoms with Gasteiger partial charge in [-0.3, -0.25) is 9.36 Å². The zero-order valence-corrected chi connectivity index (χ0v) is 22.7. The third kappa shape index (κ3) is 6.78. The number of hydrogen-bond acceptors (Lipinski definition) is 6. The summed E-state index contributed by atoms with van der Waals surface area (Å²) in [6, 6.07) is 23.1. The molecule has 0 spiro atoms. The van der Waals surface area contributed by atoms with Crippen LogP contribution in [0.2, 0.25) is 5.02 Å². The molecule has 0 saturated carbocycles. The molecule has 0 unspecified atom stereocenters. The van der Waals surface area contributed by atoms with Gasteiger partial charge in [0.15, 0.2) is 11.0 Å². The van der Waals surface area contributed by atoms with Crippen LogP contribution < -0.4 is 10.2 Å². The summed E-state index contributed by atoms with van der Waals surface area (Å²) in [6.45, 7) is 6.55. The molecule has 0 atom stereocenters. The molecule has 0 aliphatic carbocycles. The van der Waals surface area contributed by atoms with Crippen LogP contribution in [0.25, 0.3) is 17.1 Å². The molecule has 1 amide bonds. The van der Waals surface area contributed by atoms with Crippen LogP contribution in [0.4, 0.5) is 0 Å². The lowest BCUT2D eigenvalue weighted by atomic mass is 9.87. The third-order valence-electron chi connectivity index (χ3n) is 5.58. The summed E-state index contributed by atoms with van der Waals surface area (Å²) < 4.78 is 7.26. The zero-order valence-electron chi connectivity index (χ0n) is 21.1.